The van der Waals surface area contributed by atoms with Crippen molar-refractivity contribution in [3.8, 4) is 11.5 Å². The number of carboxylic acid groups (broad SMARTS) is 1. The molecule has 33 heavy (non-hydrogen) atoms. The number of carbonyl (C=O) groups is 3. The van der Waals surface area contributed by atoms with Gasteiger partial charge in [0.25, 0.3) is 11.8 Å². The number of ether oxygens (including phenoxy) is 2. The molecule has 1 heterocycles. The molecule has 1 aromatic heterocycles. The van der Waals surface area contributed by atoms with Crippen molar-refractivity contribution >= 4 is 23.5 Å². The van der Waals surface area contributed by atoms with E-state index < -0.39 is 24.3 Å². The second-order valence-electron chi connectivity index (χ2n) is 7.45. The fourth-order valence-corrected chi connectivity index (χ4v) is 3.04. The zero-order valence-electron chi connectivity index (χ0n) is 19.1. The molecule has 1 aromatic carbocycles. The van der Waals surface area contributed by atoms with Gasteiger partial charge in [-0.1, -0.05) is 39.0 Å². The zero-order chi connectivity index (χ0) is 24.1. The first kappa shape index (κ1) is 25.6. The molecule has 2 amide bonds. The van der Waals surface area contributed by atoms with Crippen molar-refractivity contribution in [1.82, 2.24) is 10.3 Å². The smallest absolute Gasteiger partial charge is 0.322 e. The van der Waals surface area contributed by atoms with E-state index in [1.54, 1.807) is 24.3 Å². The van der Waals surface area contributed by atoms with E-state index >= 15 is 0 Å². The highest BCUT2D eigenvalue weighted by molar-refractivity contribution is 6.05. The summed E-state index contributed by atoms with van der Waals surface area (Å²) >= 11 is 0. The van der Waals surface area contributed by atoms with E-state index in [-0.39, 0.29) is 17.0 Å². The lowest BCUT2D eigenvalue weighted by Crippen LogP contribution is -2.30. The monoisotopic (exact) mass is 457 g/mol. The van der Waals surface area contributed by atoms with Crippen molar-refractivity contribution in [1.29, 1.82) is 0 Å². The predicted octanol–water partition coefficient (Wildman–Crippen LogP) is 3.90. The number of nitrogens with zero attached hydrogens (tertiary/aromatic N) is 1. The molecule has 2 aromatic rings. The minimum absolute atomic E-state index is 0.0592. The van der Waals surface area contributed by atoms with Crippen LogP contribution in [0.5, 0.6) is 11.5 Å². The Bertz CT molecular complexity index is 930. The fourth-order valence-electron chi connectivity index (χ4n) is 3.04. The Morgan fingerprint density at radius 2 is 1.70 bits per heavy atom. The Labute approximate surface area is 193 Å². The molecular formula is C24H31N3O6. The summed E-state index contributed by atoms with van der Waals surface area (Å²) in [4.78, 5) is 39.2. The number of hydrogen-bond donors (Lipinski definition) is 3. The first-order chi connectivity index (χ1) is 15.9. The Balaban J connectivity index is 1.88. The second-order valence-corrected chi connectivity index (χ2v) is 7.45. The van der Waals surface area contributed by atoms with Crippen molar-refractivity contribution < 1.29 is 29.0 Å². The van der Waals surface area contributed by atoms with Gasteiger partial charge in [-0.3, -0.25) is 14.4 Å². The summed E-state index contributed by atoms with van der Waals surface area (Å²) in [5.41, 5.74) is 0.654. The number of hydrogen-bond acceptors (Lipinski definition) is 6. The molecule has 0 aliphatic rings. The largest absolute Gasteiger partial charge is 0.494 e. The topological polar surface area (TPSA) is 127 Å². The third kappa shape index (κ3) is 8.80. The maximum Gasteiger partial charge on any atom is 0.322 e. The van der Waals surface area contributed by atoms with E-state index in [2.05, 4.69) is 22.5 Å². The normalized spacial score (nSPS) is 10.4. The zero-order valence-corrected chi connectivity index (χ0v) is 19.1. The fraction of sp³-hybridized carbons (Fsp3) is 0.417. The summed E-state index contributed by atoms with van der Waals surface area (Å²) in [6, 6.07) is 8.44. The van der Waals surface area contributed by atoms with Gasteiger partial charge in [-0.25, -0.2) is 4.98 Å². The molecule has 0 unspecified atom stereocenters. The number of rotatable bonds is 14. The summed E-state index contributed by atoms with van der Waals surface area (Å²) in [6.07, 6.45) is 8.42. The van der Waals surface area contributed by atoms with Crippen LogP contribution in [0.3, 0.4) is 0 Å². The van der Waals surface area contributed by atoms with Crippen LogP contribution < -0.4 is 20.1 Å². The molecule has 0 radical (unpaired) electrons. The van der Waals surface area contributed by atoms with Gasteiger partial charge >= 0.3 is 5.97 Å². The Hall–Kier alpha value is -3.62. The van der Waals surface area contributed by atoms with E-state index in [1.807, 2.05) is 0 Å². The number of pyridine rings is 1. The molecule has 0 saturated heterocycles. The van der Waals surface area contributed by atoms with E-state index in [1.165, 1.54) is 45.1 Å². The third-order valence-corrected chi connectivity index (χ3v) is 4.83. The van der Waals surface area contributed by atoms with Gasteiger partial charge in [0, 0.05) is 11.9 Å². The average Bonchev–Trinajstić information content (AvgIpc) is 2.82. The number of unbranched alkanes of at least 4 members (excludes halogenated alkanes) is 5. The third-order valence-electron chi connectivity index (χ3n) is 4.83. The van der Waals surface area contributed by atoms with Gasteiger partial charge in [0.05, 0.1) is 19.3 Å². The number of carboxylic acids is 1. The Morgan fingerprint density at radius 1 is 1.00 bits per heavy atom. The molecule has 0 aliphatic heterocycles. The van der Waals surface area contributed by atoms with Crippen LogP contribution >= 0.6 is 0 Å². The molecule has 2 rings (SSSR count). The van der Waals surface area contributed by atoms with Crippen molar-refractivity contribution in [3.63, 3.8) is 0 Å². The van der Waals surface area contributed by atoms with Gasteiger partial charge in [-0.05, 0) is 36.8 Å². The number of nitrogens with one attached hydrogen (secondary N) is 2. The van der Waals surface area contributed by atoms with Gasteiger partial charge in [-0.2, -0.15) is 0 Å². The maximum atomic E-state index is 12.6. The highest BCUT2D eigenvalue weighted by Gasteiger charge is 2.18. The molecule has 178 valence electrons. The average molecular weight is 458 g/mol. The quantitative estimate of drug-likeness (QED) is 0.367. The molecular weight excluding hydrogens is 426 g/mol. The summed E-state index contributed by atoms with van der Waals surface area (Å²) in [5, 5.41) is 13.6. The molecule has 0 aliphatic carbocycles. The lowest BCUT2D eigenvalue weighted by Gasteiger charge is -2.11. The Morgan fingerprint density at radius 3 is 2.36 bits per heavy atom. The molecule has 0 saturated carbocycles. The van der Waals surface area contributed by atoms with E-state index in [4.69, 9.17) is 14.6 Å². The molecule has 9 nitrogen and oxygen atoms in total. The van der Waals surface area contributed by atoms with Crippen LogP contribution in [0.2, 0.25) is 0 Å². The number of benzene rings is 1. The van der Waals surface area contributed by atoms with Crippen LogP contribution in [0.1, 0.15) is 66.3 Å². The molecule has 0 bridgehead atoms. The number of anilines is 1. The number of methoxy groups -OCH3 is 1. The van der Waals surface area contributed by atoms with Gasteiger partial charge in [-0.15, -0.1) is 0 Å². The van der Waals surface area contributed by atoms with E-state index in [0.717, 1.165) is 18.6 Å². The van der Waals surface area contributed by atoms with Crippen molar-refractivity contribution in [3.05, 3.63) is 47.8 Å². The first-order valence-corrected chi connectivity index (χ1v) is 11.0. The molecule has 3 N–H and O–H groups in total. The summed E-state index contributed by atoms with van der Waals surface area (Å²) in [6.45, 7) is 2.31. The van der Waals surface area contributed by atoms with Gasteiger partial charge in [0.1, 0.15) is 12.3 Å². The first-order valence-electron chi connectivity index (χ1n) is 11.0. The lowest BCUT2D eigenvalue weighted by atomic mass is 10.1. The summed E-state index contributed by atoms with van der Waals surface area (Å²) in [5.74, 6) is -1.53. The number of amides is 2. The predicted molar refractivity (Wildman–Crippen MR) is 124 cm³/mol. The van der Waals surface area contributed by atoms with Crippen LogP contribution in [0, 0.1) is 0 Å². The number of carbonyl (C=O) groups excluding carboxylic acids is 2. The summed E-state index contributed by atoms with van der Waals surface area (Å²) < 4.78 is 10.9. The standard InChI is InChI=1S/C24H31N3O6/c1-3-4-5-6-7-8-13-33-19-11-9-18(10-12-19)27-23(30)17-14-20(32-2)22(25-15-17)24(31)26-16-21(28)29/h9-12,14-15H,3-8,13,16H2,1-2H3,(H,26,31)(H,27,30)(H,28,29). The van der Waals surface area contributed by atoms with Crippen LogP contribution in [-0.2, 0) is 4.79 Å². The second kappa shape index (κ2) is 13.7. The van der Waals surface area contributed by atoms with Gasteiger partial charge in [0.15, 0.2) is 11.4 Å². The van der Waals surface area contributed by atoms with E-state index in [0.29, 0.717) is 12.3 Å². The number of aromatic nitrogens is 1. The molecule has 0 spiro atoms. The van der Waals surface area contributed by atoms with Gasteiger partial charge in [0.2, 0.25) is 0 Å². The highest BCUT2D eigenvalue weighted by Crippen LogP contribution is 2.20. The van der Waals surface area contributed by atoms with Crippen molar-refractivity contribution in [2.24, 2.45) is 0 Å². The van der Waals surface area contributed by atoms with Crippen molar-refractivity contribution in [2.45, 2.75) is 45.4 Å². The minimum Gasteiger partial charge on any atom is -0.494 e. The minimum atomic E-state index is -1.18. The lowest BCUT2D eigenvalue weighted by molar-refractivity contribution is -0.135. The summed E-state index contributed by atoms with van der Waals surface area (Å²) in [7, 11) is 1.33. The van der Waals surface area contributed by atoms with Crippen LogP contribution in [0.15, 0.2) is 36.5 Å². The van der Waals surface area contributed by atoms with Crippen LogP contribution in [-0.4, -0.2) is 48.1 Å². The van der Waals surface area contributed by atoms with E-state index in [9.17, 15) is 14.4 Å². The van der Waals surface area contributed by atoms with Crippen LogP contribution in [0.25, 0.3) is 0 Å². The number of aliphatic carboxylic acids is 1. The maximum absolute atomic E-state index is 12.6. The Kier molecular flexibility index (Phi) is 10.7. The molecule has 0 atom stereocenters. The molecule has 9 heteroatoms. The van der Waals surface area contributed by atoms with Gasteiger partial charge < -0.3 is 25.2 Å². The highest BCUT2D eigenvalue weighted by atomic mass is 16.5. The molecule has 0 fully saturated rings. The van der Waals surface area contributed by atoms with Crippen molar-refractivity contribution in [2.75, 3.05) is 25.6 Å². The SMILES string of the molecule is CCCCCCCCOc1ccc(NC(=O)c2cnc(C(=O)NCC(=O)O)c(OC)c2)cc1. The van der Waals surface area contributed by atoms with Crippen LogP contribution in [0.4, 0.5) is 5.69 Å².